The second-order valence-corrected chi connectivity index (χ2v) is 9.04. The number of aryl methyl sites for hydroxylation is 2. The van der Waals surface area contributed by atoms with Crippen molar-refractivity contribution in [2.24, 2.45) is 7.05 Å². The molecule has 1 fully saturated rings. The molecule has 31 heavy (non-hydrogen) atoms. The Bertz CT molecular complexity index is 865. The van der Waals surface area contributed by atoms with Gasteiger partial charge in [0.05, 0.1) is 6.54 Å². The van der Waals surface area contributed by atoms with Crippen LogP contribution in [0.1, 0.15) is 74.5 Å². The highest BCUT2D eigenvalue weighted by Crippen LogP contribution is 2.29. The highest BCUT2D eigenvalue weighted by atomic mass is 16.2. The number of hydrogen-bond donors (Lipinski definition) is 0. The average molecular weight is 424 g/mol. The lowest BCUT2D eigenvalue weighted by Crippen LogP contribution is -2.46. The lowest BCUT2D eigenvalue weighted by Gasteiger charge is -2.30. The fraction of sp³-hybridized carbons (Fsp3) is 0.538. The van der Waals surface area contributed by atoms with Crippen LogP contribution in [0.5, 0.6) is 0 Å². The minimum absolute atomic E-state index is 0.0296. The molecule has 0 bridgehead atoms. The molecule has 0 atom stereocenters. The van der Waals surface area contributed by atoms with Gasteiger partial charge in [0.2, 0.25) is 5.91 Å². The molecule has 0 radical (unpaired) electrons. The number of hydrogen-bond acceptors (Lipinski definition) is 2. The van der Waals surface area contributed by atoms with Gasteiger partial charge < -0.3 is 14.4 Å². The van der Waals surface area contributed by atoms with Gasteiger partial charge in [-0.3, -0.25) is 9.59 Å². The highest BCUT2D eigenvalue weighted by molar-refractivity contribution is 5.96. The Morgan fingerprint density at radius 2 is 1.81 bits per heavy atom. The van der Waals surface area contributed by atoms with Gasteiger partial charge in [-0.1, -0.05) is 31.9 Å². The molecule has 1 aliphatic carbocycles. The van der Waals surface area contributed by atoms with Crippen molar-refractivity contribution in [1.29, 1.82) is 0 Å². The summed E-state index contributed by atoms with van der Waals surface area (Å²) in [5.74, 6) is -0.0417. The van der Waals surface area contributed by atoms with Crippen molar-refractivity contribution in [3.05, 3.63) is 59.4 Å². The Morgan fingerprint density at radius 3 is 2.35 bits per heavy atom. The van der Waals surface area contributed by atoms with Crippen LogP contribution in [0.15, 0.2) is 42.6 Å². The molecular formula is C26H37N3O2. The van der Waals surface area contributed by atoms with Crippen LogP contribution in [0.3, 0.4) is 0 Å². The third-order valence-electron chi connectivity index (χ3n) is 6.15. The van der Waals surface area contributed by atoms with E-state index in [-0.39, 0.29) is 24.4 Å². The van der Waals surface area contributed by atoms with E-state index in [1.54, 1.807) is 4.90 Å². The maximum absolute atomic E-state index is 13.2. The summed E-state index contributed by atoms with van der Waals surface area (Å²) in [6, 6.07) is 12.2. The van der Waals surface area contributed by atoms with Gasteiger partial charge in [0.1, 0.15) is 6.54 Å². The Labute approximate surface area is 187 Å². The second kappa shape index (κ2) is 10.7. The van der Waals surface area contributed by atoms with E-state index in [2.05, 4.69) is 29.7 Å². The summed E-state index contributed by atoms with van der Waals surface area (Å²) in [5, 5.41) is 0. The molecule has 3 rings (SSSR count). The normalized spacial score (nSPS) is 13.5. The van der Waals surface area contributed by atoms with Crippen LogP contribution in [-0.4, -0.2) is 44.8 Å². The highest BCUT2D eigenvalue weighted by Gasteiger charge is 2.34. The molecule has 0 saturated heterocycles. The van der Waals surface area contributed by atoms with Crippen molar-refractivity contribution in [3.8, 4) is 0 Å². The first-order chi connectivity index (χ1) is 14.9. The summed E-state index contributed by atoms with van der Waals surface area (Å²) in [4.78, 5) is 30.1. The van der Waals surface area contributed by atoms with Crippen LogP contribution in [0.4, 0.5) is 0 Å². The number of carbonyl (C=O) groups excluding carboxylic acids is 2. The first kappa shape index (κ1) is 23.1. The lowest BCUT2D eigenvalue weighted by molar-refractivity contribution is -0.133. The molecule has 2 aromatic rings. The lowest BCUT2D eigenvalue weighted by atomic mass is 10.0. The molecule has 1 aromatic carbocycles. The van der Waals surface area contributed by atoms with Gasteiger partial charge in [-0.25, -0.2) is 0 Å². The molecule has 1 aliphatic rings. The zero-order valence-electron chi connectivity index (χ0n) is 19.5. The minimum atomic E-state index is -0.0712. The zero-order valence-corrected chi connectivity index (χ0v) is 19.5. The molecular weight excluding hydrogens is 386 g/mol. The van der Waals surface area contributed by atoms with Crippen molar-refractivity contribution in [2.75, 3.05) is 6.54 Å². The monoisotopic (exact) mass is 423 g/mol. The van der Waals surface area contributed by atoms with Crippen molar-refractivity contribution < 1.29 is 9.59 Å². The van der Waals surface area contributed by atoms with Gasteiger partial charge in [0.25, 0.3) is 5.91 Å². The van der Waals surface area contributed by atoms with Crippen LogP contribution in [0.25, 0.3) is 0 Å². The molecule has 1 saturated carbocycles. The summed E-state index contributed by atoms with van der Waals surface area (Å²) in [7, 11) is 2.00. The van der Waals surface area contributed by atoms with Gasteiger partial charge in [-0.2, -0.15) is 0 Å². The molecule has 0 spiro atoms. The number of amides is 2. The van der Waals surface area contributed by atoms with Crippen LogP contribution >= 0.6 is 0 Å². The molecule has 0 aliphatic heterocycles. The van der Waals surface area contributed by atoms with E-state index < -0.39 is 0 Å². The standard InChI is InChI=1S/C26H37N3O2/c1-5-6-7-9-21-11-13-22(14-12-21)26(31)28(20(2)3)19-25(30)29(23-15-16-23)18-24-10-8-17-27(24)4/h8,10-14,17,20,23H,5-7,9,15-16,18-19H2,1-4H3. The fourth-order valence-corrected chi connectivity index (χ4v) is 3.93. The van der Waals surface area contributed by atoms with E-state index in [9.17, 15) is 9.59 Å². The van der Waals surface area contributed by atoms with Crippen molar-refractivity contribution in [1.82, 2.24) is 14.4 Å². The quantitative estimate of drug-likeness (QED) is 0.487. The van der Waals surface area contributed by atoms with Gasteiger partial charge in [-0.05, 0) is 69.4 Å². The van der Waals surface area contributed by atoms with Crippen LogP contribution < -0.4 is 0 Å². The molecule has 0 unspecified atom stereocenters. The van der Waals surface area contributed by atoms with Gasteiger partial charge in [0.15, 0.2) is 0 Å². The third kappa shape index (κ3) is 6.22. The number of rotatable bonds is 11. The Kier molecular flexibility index (Phi) is 7.94. The maximum Gasteiger partial charge on any atom is 0.254 e. The molecule has 5 nitrogen and oxygen atoms in total. The summed E-state index contributed by atoms with van der Waals surface area (Å²) >= 11 is 0. The molecule has 168 valence electrons. The fourth-order valence-electron chi connectivity index (χ4n) is 3.93. The van der Waals surface area contributed by atoms with E-state index >= 15 is 0 Å². The minimum Gasteiger partial charge on any atom is -0.353 e. The SMILES string of the molecule is CCCCCc1ccc(C(=O)N(CC(=O)N(Cc2cccn2C)C2CC2)C(C)C)cc1. The molecule has 0 N–H and O–H groups in total. The number of nitrogens with zero attached hydrogens (tertiary/aromatic N) is 3. The topological polar surface area (TPSA) is 45.6 Å². The van der Waals surface area contributed by atoms with Crippen LogP contribution in [0, 0.1) is 0 Å². The molecule has 2 amide bonds. The molecule has 1 aromatic heterocycles. The van der Waals surface area contributed by atoms with Crippen molar-refractivity contribution in [2.45, 2.75) is 77.9 Å². The van der Waals surface area contributed by atoms with E-state index in [0.717, 1.165) is 25.0 Å². The zero-order chi connectivity index (χ0) is 22.4. The Balaban J connectivity index is 1.67. The Hall–Kier alpha value is -2.56. The molecule has 5 heteroatoms. The van der Waals surface area contributed by atoms with Crippen LogP contribution in [-0.2, 0) is 24.8 Å². The number of aromatic nitrogens is 1. The first-order valence-corrected chi connectivity index (χ1v) is 11.7. The van der Waals surface area contributed by atoms with Gasteiger partial charge >= 0.3 is 0 Å². The van der Waals surface area contributed by atoms with E-state index in [1.165, 1.54) is 24.8 Å². The summed E-state index contributed by atoms with van der Waals surface area (Å²) in [6.45, 7) is 6.87. The summed E-state index contributed by atoms with van der Waals surface area (Å²) in [6.07, 6.45) is 8.75. The van der Waals surface area contributed by atoms with Gasteiger partial charge in [-0.15, -0.1) is 0 Å². The maximum atomic E-state index is 13.2. The number of unbranched alkanes of at least 4 members (excludes halogenated alkanes) is 2. The predicted molar refractivity (Wildman–Crippen MR) is 125 cm³/mol. The van der Waals surface area contributed by atoms with Crippen molar-refractivity contribution >= 4 is 11.8 Å². The van der Waals surface area contributed by atoms with Crippen molar-refractivity contribution in [3.63, 3.8) is 0 Å². The first-order valence-electron chi connectivity index (χ1n) is 11.7. The summed E-state index contributed by atoms with van der Waals surface area (Å²) < 4.78 is 2.05. The van der Waals surface area contributed by atoms with Gasteiger partial charge in [0, 0.05) is 36.6 Å². The van der Waals surface area contributed by atoms with E-state index in [4.69, 9.17) is 0 Å². The largest absolute Gasteiger partial charge is 0.353 e. The molecule has 1 heterocycles. The average Bonchev–Trinajstić information content (AvgIpc) is 3.51. The smallest absolute Gasteiger partial charge is 0.254 e. The predicted octanol–water partition coefficient (Wildman–Crippen LogP) is 4.80. The van der Waals surface area contributed by atoms with E-state index in [0.29, 0.717) is 18.2 Å². The Morgan fingerprint density at radius 1 is 1.10 bits per heavy atom. The second-order valence-electron chi connectivity index (χ2n) is 9.04. The van der Waals surface area contributed by atoms with Crippen LogP contribution in [0.2, 0.25) is 0 Å². The number of benzene rings is 1. The number of carbonyl (C=O) groups is 2. The summed E-state index contributed by atoms with van der Waals surface area (Å²) in [5.41, 5.74) is 3.03. The third-order valence-corrected chi connectivity index (χ3v) is 6.15. The van der Waals surface area contributed by atoms with E-state index in [1.807, 2.05) is 50.2 Å².